The van der Waals surface area contributed by atoms with Crippen molar-refractivity contribution in [3.63, 3.8) is 0 Å². The minimum Gasteiger partial charge on any atom is -0.342 e. The van der Waals surface area contributed by atoms with Crippen molar-refractivity contribution in [1.29, 1.82) is 0 Å². The van der Waals surface area contributed by atoms with Gasteiger partial charge in [-0.15, -0.1) is 0 Å². The Kier molecular flexibility index (Phi) is 2.54. The SMILES string of the molecule is Cc1[nH]c(N2CCCC2)nc(=S)c1C. The molecule has 0 atom stereocenters. The molecule has 4 heteroatoms. The molecule has 2 heterocycles. The lowest BCUT2D eigenvalue weighted by Gasteiger charge is -2.16. The van der Waals surface area contributed by atoms with E-state index >= 15 is 0 Å². The average Bonchev–Trinajstić information content (AvgIpc) is 2.66. The number of hydrogen-bond acceptors (Lipinski definition) is 3. The first-order chi connectivity index (χ1) is 6.68. The standard InChI is InChI=1S/C10H15N3S/c1-7-8(2)11-10(12-9(7)14)13-5-3-4-6-13/h3-6H2,1-2H3,(H,11,12,14). The van der Waals surface area contributed by atoms with Crippen LogP contribution in [0.1, 0.15) is 24.1 Å². The molecule has 0 aromatic carbocycles. The van der Waals surface area contributed by atoms with Crippen molar-refractivity contribution in [2.75, 3.05) is 18.0 Å². The Morgan fingerprint density at radius 1 is 1.29 bits per heavy atom. The molecule has 0 saturated carbocycles. The molecular formula is C10H15N3S. The molecule has 0 spiro atoms. The molecule has 2 rings (SSSR count). The summed E-state index contributed by atoms with van der Waals surface area (Å²) in [4.78, 5) is 9.97. The second kappa shape index (κ2) is 3.69. The van der Waals surface area contributed by atoms with E-state index in [-0.39, 0.29) is 0 Å². The fourth-order valence-electron chi connectivity index (χ4n) is 1.71. The summed E-state index contributed by atoms with van der Waals surface area (Å²) in [5.41, 5.74) is 2.22. The quantitative estimate of drug-likeness (QED) is 0.721. The largest absolute Gasteiger partial charge is 0.342 e. The lowest BCUT2D eigenvalue weighted by molar-refractivity contribution is 0.879. The zero-order valence-corrected chi connectivity index (χ0v) is 9.45. The molecule has 1 saturated heterocycles. The van der Waals surface area contributed by atoms with Crippen molar-refractivity contribution in [3.8, 4) is 0 Å². The van der Waals surface area contributed by atoms with Crippen LogP contribution in [0.5, 0.6) is 0 Å². The van der Waals surface area contributed by atoms with Crippen LogP contribution >= 0.6 is 12.2 Å². The van der Waals surface area contributed by atoms with Gasteiger partial charge in [-0.1, -0.05) is 12.2 Å². The van der Waals surface area contributed by atoms with Gasteiger partial charge in [-0.3, -0.25) is 0 Å². The Labute approximate surface area is 89.2 Å². The Morgan fingerprint density at radius 3 is 2.50 bits per heavy atom. The van der Waals surface area contributed by atoms with Crippen LogP contribution in [-0.2, 0) is 0 Å². The first kappa shape index (κ1) is 9.65. The van der Waals surface area contributed by atoms with Crippen molar-refractivity contribution >= 4 is 18.2 Å². The van der Waals surface area contributed by atoms with Gasteiger partial charge in [0, 0.05) is 24.3 Å². The lowest BCUT2D eigenvalue weighted by Crippen LogP contribution is -2.21. The molecule has 3 nitrogen and oxygen atoms in total. The van der Waals surface area contributed by atoms with Gasteiger partial charge in [0.25, 0.3) is 0 Å². The number of H-pyrrole nitrogens is 1. The molecule has 1 N–H and O–H groups in total. The van der Waals surface area contributed by atoms with Crippen LogP contribution in [0.2, 0.25) is 0 Å². The van der Waals surface area contributed by atoms with Crippen molar-refractivity contribution in [2.24, 2.45) is 0 Å². The van der Waals surface area contributed by atoms with Crippen molar-refractivity contribution in [3.05, 3.63) is 15.9 Å². The van der Waals surface area contributed by atoms with Crippen LogP contribution < -0.4 is 4.90 Å². The zero-order chi connectivity index (χ0) is 10.1. The summed E-state index contributed by atoms with van der Waals surface area (Å²) in [5, 5.41) is 0. The maximum atomic E-state index is 5.21. The number of aromatic amines is 1. The number of nitrogens with zero attached hydrogens (tertiary/aromatic N) is 2. The van der Waals surface area contributed by atoms with Gasteiger partial charge in [0.1, 0.15) is 4.64 Å². The molecule has 0 bridgehead atoms. The van der Waals surface area contributed by atoms with Crippen LogP contribution in [0.4, 0.5) is 5.95 Å². The van der Waals surface area contributed by atoms with Gasteiger partial charge >= 0.3 is 0 Å². The molecule has 76 valence electrons. The highest BCUT2D eigenvalue weighted by Gasteiger charge is 2.14. The molecule has 14 heavy (non-hydrogen) atoms. The molecule has 1 fully saturated rings. The van der Waals surface area contributed by atoms with Gasteiger partial charge < -0.3 is 9.88 Å². The lowest BCUT2D eigenvalue weighted by atomic mass is 10.3. The van der Waals surface area contributed by atoms with E-state index in [4.69, 9.17) is 12.2 Å². The molecular weight excluding hydrogens is 194 g/mol. The second-order valence-electron chi connectivity index (χ2n) is 3.81. The molecule has 1 aliphatic rings. The number of rotatable bonds is 1. The van der Waals surface area contributed by atoms with Crippen LogP contribution in [0, 0.1) is 18.5 Å². The summed E-state index contributed by atoms with van der Waals surface area (Å²) in [6.07, 6.45) is 2.52. The van der Waals surface area contributed by atoms with Gasteiger partial charge in [0.2, 0.25) is 5.95 Å². The Hall–Kier alpha value is -0.900. The monoisotopic (exact) mass is 209 g/mol. The Morgan fingerprint density at radius 2 is 1.93 bits per heavy atom. The second-order valence-corrected chi connectivity index (χ2v) is 4.20. The fraction of sp³-hybridized carbons (Fsp3) is 0.600. The summed E-state index contributed by atoms with van der Waals surface area (Å²) in [5.74, 6) is 0.940. The van der Waals surface area contributed by atoms with Crippen LogP contribution in [-0.4, -0.2) is 23.1 Å². The molecule has 0 aliphatic carbocycles. The van der Waals surface area contributed by atoms with E-state index in [1.165, 1.54) is 12.8 Å². The maximum absolute atomic E-state index is 5.21. The van der Waals surface area contributed by atoms with Gasteiger partial charge in [-0.25, -0.2) is 4.98 Å². The van der Waals surface area contributed by atoms with Crippen molar-refractivity contribution in [1.82, 2.24) is 9.97 Å². The van der Waals surface area contributed by atoms with Crippen LogP contribution in [0.15, 0.2) is 0 Å². The summed E-state index contributed by atoms with van der Waals surface area (Å²) in [6, 6.07) is 0. The smallest absolute Gasteiger partial charge is 0.204 e. The minimum absolute atomic E-state index is 0.725. The minimum atomic E-state index is 0.725. The molecule has 1 aliphatic heterocycles. The summed E-state index contributed by atoms with van der Waals surface area (Å²) >= 11 is 5.21. The summed E-state index contributed by atoms with van der Waals surface area (Å²) < 4.78 is 0.725. The van der Waals surface area contributed by atoms with E-state index in [0.29, 0.717) is 0 Å². The predicted molar refractivity (Wildman–Crippen MR) is 60.3 cm³/mol. The van der Waals surface area contributed by atoms with Crippen LogP contribution in [0.3, 0.4) is 0 Å². The molecule has 0 amide bonds. The van der Waals surface area contributed by atoms with Crippen LogP contribution in [0.25, 0.3) is 0 Å². The van der Waals surface area contributed by atoms with E-state index in [9.17, 15) is 0 Å². The summed E-state index contributed by atoms with van der Waals surface area (Å²) in [7, 11) is 0. The molecule has 0 unspecified atom stereocenters. The maximum Gasteiger partial charge on any atom is 0.204 e. The molecule has 1 aromatic rings. The van der Waals surface area contributed by atoms with E-state index in [1.807, 2.05) is 13.8 Å². The highest BCUT2D eigenvalue weighted by atomic mass is 32.1. The first-order valence-corrected chi connectivity index (χ1v) is 5.42. The summed E-state index contributed by atoms with van der Waals surface area (Å²) in [6.45, 7) is 6.25. The molecule has 1 aromatic heterocycles. The van der Waals surface area contributed by atoms with Crippen molar-refractivity contribution in [2.45, 2.75) is 26.7 Å². The average molecular weight is 209 g/mol. The third-order valence-corrected chi connectivity index (χ3v) is 3.19. The normalized spacial score (nSPS) is 16.3. The van der Waals surface area contributed by atoms with Gasteiger partial charge in [-0.2, -0.15) is 0 Å². The van der Waals surface area contributed by atoms with E-state index < -0.39 is 0 Å². The number of anilines is 1. The number of nitrogens with one attached hydrogen (secondary N) is 1. The number of hydrogen-bond donors (Lipinski definition) is 1. The third-order valence-electron chi connectivity index (χ3n) is 2.80. The highest BCUT2D eigenvalue weighted by Crippen LogP contribution is 2.17. The fourth-order valence-corrected chi connectivity index (χ4v) is 1.95. The van der Waals surface area contributed by atoms with E-state index in [2.05, 4.69) is 14.9 Å². The topological polar surface area (TPSA) is 31.9 Å². The number of aryl methyl sites for hydroxylation is 1. The number of aromatic nitrogens is 2. The first-order valence-electron chi connectivity index (χ1n) is 5.01. The van der Waals surface area contributed by atoms with Gasteiger partial charge in [-0.05, 0) is 26.7 Å². The molecule has 0 radical (unpaired) electrons. The van der Waals surface area contributed by atoms with E-state index in [1.54, 1.807) is 0 Å². The highest BCUT2D eigenvalue weighted by molar-refractivity contribution is 7.71. The van der Waals surface area contributed by atoms with Gasteiger partial charge in [0.15, 0.2) is 0 Å². The third kappa shape index (κ3) is 1.66. The zero-order valence-electron chi connectivity index (χ0n) is 8.63. The van der Waals surface area contributed by atoms with Crippen molar-refractivity contribution < 1.29 is 0 Å². The van der Waals surface area contributed by atoms with Gasteiger partial charge in [0.05, 0.1) is 0 Å². The Bertz CT molecular complexity index is 391. The predicted octanol–water partition coefficient (Wildman–Crippen LogP) is 2.36. The van der Waals surface area contributed by atoms with E-state index in [0.717, 1.165) is 34.9 Å². The Balaban J connectivity index is 2.39.